The van der Waals surface area contributed by atoms with E-state index in [0.29, 0.717) is 6.54 Å². The molecule has 1 heterocycles. The van der Waals surface area contributed by atoms with Gasteiger partial charge in [-0.3, -0.25) is 4.98 Å². The van der Waals surface area contributed by atoms with Gasteiger partial charge in [-0.2, -0.15) is 0 Å². The molecule has 2 rings (SSSR count). The van der Waals surface area contributed by atoms with E-state index in [-0.39, 0.29) is 5.56 Å². The first-order valence-corrected chi connectivity index (χ1v) is 6.06. The number of carboxylic acids is 1. The van der Waals surface area contributed by atoms with Crippen molar-refractivity contribution in [2.24, 2.45) is 0 Å². The largest absolute Gasteiger partial charge is 0.478 e. The molecule has 0 spiro atoms. The summed E-state index contributed by atoms with van der Waals surface area (Å²) in [5.41, 5.74) is 4.54. The quantitative estimate of drug-likeness (QED) is 0.882. The molecule has 0 unspecified atom stereocenters. The third-order valence-electron chi connectivity index (χ3n) is 3.14. The summed E-state index contributed by atoms with van der Waals surface area (Å²) in [5, 5.41) is 12.1. The Hall–Kier alpha value is -2.36. The van der Waals surface area contributed by atoms with Crippen molar-refractivity contribution in [2.75, 3.05) is 5.32 Å². The number of nitrogens with one attached hydrogen (secondary N) is 1. The summed E-state index contributed by atoms with van der Waals surface area (Å²) >= 11 is 0. The van der Waals surface area contributed by atoms with Crippen LogP contribution in [0.1, 0.15) is 27.2 Å². The normalized spacial score (nSPS) is 10.2. The molecule has 0 amide bonds. The average Bonchev–Trinajstić information content (AvgIpc) is 2.41. The van der Waals surface area contributed by atoms with Gasteiger partial charge in [-0.1, -0.05) is 12.1 Å². The van der Waals surface area contributed by atoms with Crippen LogP contribution < -0.4 is 5.32 Å². The van der Waals surface area contributed by atoms with E-state index in [4.69, 9.17) is 5.11 Å². The van der Waals surface area contributed by atoms with Gasteiger partial charge in [0.2, 0.25) is 0 Å². The Kier molecular flexibility index (Phi) is 3.80. The number of pyridine rings is 1. The van der Waals surface area contributed by atoms with Gasteiger partial charge in [-0.05, 0) is 43.2 Å². The Balaban J connectivity index is 2.06. The highest BCUT2D eigenvalue weighted by Crippen LogP contribution is 2.18. The first-order valence-electron chi connectivity index (χ1n) is 6.06. The fraction of sp³-hybridized carbons (Fsp3) is 0.200. The lowest BCUT2D eigenvalue weighted by Gasteiger charge is -2.11. The number of anilines is 1. The molecule has 0 atom stereocenters. The molecule has 4 nitrogen and oxygen atoms in total. The van der Waals surface area contributed by atoms with E-state index in [0.717, 1.165) is 11.4 Å². The topological polar surface area (TPSA) is 62.2 Å². The fourth-order valence-corrected chi connectivity index (χ4v) is 1.78. The van der Waals surface area contributed by atoms with E-state index in [1.165, 1.54) is 17.3 Å². The van der Waals surface area contributed by atoms with Crippen LogP contribution in [-0.2, 0) is 6.54 Å². The number of aromatic nitrogens is 1. The number of aryl methyl sites for hydroxylation is 1. The second kappa shape index (κ2) is 5.52. The van der Waals surface area contributed by atoms with E-state index in [1.807, 2.05) is 12.1 Å². The summed E-state index contributed by atoms with van der Waals surface area (Å²) in [4.78, 5) is 14.8. The van der Waals surface area contributed by atoms with Crippen LogP contribution in [0.15, 0.2) is 36.5 Å². The van der Waals surface area contributed by atoms with Crippen LogP contribution in [0.2, 0.25) is 0 Å². The maximum absolute atomic E-state index is 10.7. The minimum absolute atomic E-state index is 0.204. The van der Waals surface area contributed by atoms with Crippen molar-refractivity contribution in [3.8, 4) is 0 Å². The summed E-state index contributed by atoms with van der Waals surface area (Å²) in [6.45, 7) is 4.71. The monoisotopic (exact) mass is 256 g/mol. The van der Waals surface area contributed by atoms with Gasteiger partial charge in [0.15, 0.2) is 0 Å². The molecule has 1 aromatic heterocycles. The van der Waals surface area contributed by atoms with Gasteiger partial charge in [0, 0.05) is 11.9 Å². The molecule has 19 heavy (non-hydrogen) atoms. The molecule has 4 heteroatoms. The van der Waals surface area contributed by atoms with E-state index in [9.17, 15) is 4.79 Å². The maximum Gasteiger partial charge on any atom is 0.337 e. The van der Waals surface area contributed by atoms with Crippen molar-refractivity contribution in [1.82, 2.24) is 4.98 Å². The molecule has 0 aliphatic heterocycles. The Morgan fingerprint density at radius 3 is 2.68 bits per heavy atom. The molecule has 0 aliphatic carbocycles. The van der Waals surface area contributed by atoms with Gasteiger partial charge in [0.25, 0.3) is 0 Å². The predicted molar refractivity (Wildman–Crippen MR) is 74.4 cm³/mol. The number of hydrogen-bond donors (Lipinski definition) is 2. The highest BCUT2D eigenvalue weighted by atomic mass is 16.4. The van der Waals surface area contributed by atoms with Crippen LogP contribution in [0.4, 0.5) is 5.69 Å². The average molecular weight is 256 g/mol. The van der Waals surface area contributed by atoms with Crippen molar-refractivity contribution in [3.05, 3.63) is 58.9 Å². The molecule has 98 valence electrons. The molecule has 2 aromatic rings. The molecule has 1 aromatic carbocycles. The van der Waals surface area contributed by atoms with Crippen LogP contribution in [0.25, 0.3) is 0 Å². The van der Waals surface area contributed by atoms with Crippen molar-refractivity contribution in [3.63, 3.8) is 0 Å². The highest BCUT2D eigenvalue weighted by Gasteiger charge is 2.04. The van der Waals surface area contributed by atoms with Gasteiger partial charge in [0.05, 0.1) is 17.8 Å². The third kappa shape index (κ3) is 3.10. The second-order valence-electron chi connectivity index (χ2n) is 4.44. The molecular formula is C15H16N2O2. The van der Waals surface area contributed by atoms with Gasteiger partial charge >= 0.3 is 5.97 Å². The fourth-order valence-electron chi connectivity index (χ4n) is 1.78. The summed E-state index contributed by atoms with van der Waals surface area (Å²) in [6, 6.07) is 9.39. The lowest BCUT2D eigenvalue weighted by molar-refractivity contribution is 0.0696. The first-order chi connectivity index (χ1) is 9.08. The Morgan fingerprint density at radius 1 is 1.26 bits per heavy atom. The van der Waals surface area contributed by atoms with Crippen LogP contribution in [0, 0.1) is 13.8 Å². The Bertz CT molecular complexity index is 592. The number of benzene rings is 1. The van der Waals surface area contributed by atoms with E-state index in [2.05, 4.69) is 30.2 Å². The number of aromatic carboxylic acids is 1. The van der Waals surface area contributed by atoms with Crippen LogP contribution in [0.5, 0.6) is 0 Å². The van der Waals surface area contributed by atoms with Crippen LogP contribution >= 0.6 is 0 Å². The SMILES string of the molecule is Cc1cccc(NCc2ccc(C(=O)O)cn2)c1C. The highest BCUT2D eigenvalue weighted by molar-refractivity contribution is 5.87. The first kappa shape index (κ1) is 13.1. The maximum atomic E-state index is 10.7. The summed E-state index contributed by atoms with van der Waals surface area (Å²) in [6.07, 6.45) is 1.38. The molecule has 0 bridgehead atoms. The Labute approximate surface area is 112 Å². The van der Waals surface area contributed by atoms with Gasteiger partial charge in [-0.15, -0.1) is 0 Å². The van der Waals surface area contributed by atoms with Gasteiger partial charge in [-0.25, -0.2) is 4.79 Å². The number of rotatable bonds is 4. The number of hydrogen-bond acceptors (Lipinski definition) is 3. The van der Waals surface area contributed by atoms with Gasteiger partial charge in [0.1, 0.15) is 0 Å². The lowest BCUT2D eigenvalue weighted by atomic mass is 10.1. The smallest absolute Gasteiger partial charge is 0.337 e. The predicted octanol–water partition coefficient (Wildman–Crippen LogP) is 3.01. The van der Waals surface area contributed by atoms with E-state index < -0.39 is 5.97 Å². The van der Waals surface area contributed by atoms with Crippen LogP contribution in [0.3, 0.4) is 0 Å². The molecule has 0 radical (unpaired) electrons. The number of carbonyl (C=O) groups is 1. The minimum Gasteiger partial charge on any atom is -0.478 e. The summed E-state index contributed by atoms with van der Waals surface area (Å²) < 4.78 is 0. The number of carboxylic acid groups (broad SMARTS) is 1. The van der Waals surface area contributed by atoms with E-state index in [1.54, 1.807) is 12.1 Å². The van der Waals surface area contributed by atoms with Crippen molar-refractivity contribution in [2.45, 2.75) is 20.4 Å². The Morgan fingerprint density at radius 2 is 2.05 bits per heavy atom. The van der Waals surface area contributed by atoms with Crippen molar-refractivity contribution in [1.29, 1.82) is 0 Å². The second-order valence-corrected chi connectivity index (χ2v) is 4.44. The minimum atomic E-state index is -0.957. The standard InChI is InChI=1S/C15H16N2O2/c1-10-4-3-5-14(11(10)2)17-9-13-7-6-12(8-16-13)15(18)19/h3-8,17H,9H2,1-2H3,(H,18,19). The molecule has 0 saturated heterocycles. The molecule has 0 saturated carbocycles. The van der Waals surface area contributed by atoms with Crippen molar-refractivity contribution < 1.29 is 9.90 Å². The molecule has 0 fully saturated rings. The van der Waals surface area contributed by atoms with E-state index >= 15 is 0 Å². The zero-order chi connectivity index (χ0) is 13.8. The van der Waals surface area contributed by atoms with Gasteiger partial charge < -0.3 is 10.4 Å². The summed E-state index contributed by atoms with van der Waals surface area (Å²) in [7, 11) is 0. The zero-order valence-corrected chi connectivity index (χ0v) is 11.0. The molecule has 0 aliphatic rings. The molecular weight excluding hydrogens is 240 g/mol. The lowest BCUT2D eigenvalue weighted by Crippen LogP contribution is -2.05. The molecule has 2 N–H and O–H groups in total. The van der Waals surface area contributed by atoms with Crippen LogP contribution in [-0.4, -0.2) is 16.1 Å². The number of nitrogens with zero attached hydrogens (tertiary/aromatic N) is 1. The van der Waals surface area contributed by atoms with Crippen molar-refractivity contribution >= 4 is 11.7 Å². The zero-order valence-electron chi connectivity index (χ0n) is 11.0. The summed E-state index contributed by atoms with van der Waals surface area (Å²) in [5.74, 6) is -0.957. The third-order valence-corrected chi connectivity index (χ3v) is 3.14.